The van der Waals surface area contributed by atoms with Gasteiger partial charge in [0.15, 0.2) is 0 Å². The van der Waals surface area contributed by atoms with Crippen molar-refractivity contribution in [2.75, 3.05) is 19.6 Å². The Bertz CT molecular complexity index is 209. The largest absolute Gasteiger partial charge is 0.317 e. The van der Waals surface area contributed by atoms with Gasteiger partial charge in [-0.2, -0.15) is 0 Å². The first-order valence-corrected chi connectivity index (χ1v) is 8.61. The van der Waals surface area contributed by atoms with Gasteiger partial charge in [-0.25, -0.2) is 0 Å². The molecule has 1 heterocycles. The van der Waals surface area contributed by atoms with E-state index in [0.29, 0.717) is 6.04 Å². The molecule has 1 aliphatic heterocycles. The van der Waals surface area contributed by atoms with E-state index in [1.54, 1.807) is 0 Å². The van der Waals surface area contributed by atoms with Gasteiger partial charge in [-0.05, 0) is 59.0 Å². The Morgan fingerprint density at radius 2 is 1.74 bits per heavy atom. The van der Waals surface area contributed by atoms with E-state index >= 15 is 0 Å². The SMILES string of the molecule is CCCCCCC(C)N(CC1CCNCC1)C(C)C. The minimum Gasteiger partial charge on any atom is -0.317 e. The lowest BCUT2D eigenvalue weighted by atomic mass is 9.95. The van der Waals surface area contributed by atoms with E-state index in [4.69, 9.17) is 0 Å². The van der Waals surface area contributed by atoms with Gasteiger partial charge in [-0.3, -0.25) is 4.90 Å². The second kappa shape index (κ2) is 9.77. The summed E-state index contributed by atoms with van der Waals surface area (Å²) < 4.78 is 0. The van der Waals surface area contributed by atoms with E-state index in [2.05, 4.69) is 37.9 Å². The highest BCUT2D eigenvalue weighted by molar-refractivity contribution is 4.77. The van der Waals surface area contributed by atoms with Crippen molar-refractivity contribution >= 4 is 0 Å². The summed E-state index contributed by atoms with van der Waals surface area (Å²) in [6.45, 7) is 13.2. The maximum Gasteiger partial charge on any atom is 0.00697 e. The first kappa shape index (κ1) is 17.0. The van der Waals surface area contributed by atoms with E-state index in [-0.39, 0.29) is 0 Å². The van der Waals surface area contributed by atoms with Crippen LogP contribution in [0.15, 0.2) is 0 Å². The number of rotatable bonds is 9. The average molecular weight is 268 g/mol. The summed E-state index contributed by atoms with van der Waals surface area (Å²) in [5.41, 5.74) is 0. The fourth-order valence-electron chi connectivity index (χ4n) is 3.29. The number of piperidine rings is 1. The predicted octanol–water partition coefficient (Wildman–Crippen LogP) is 4.06. The van der Waals surface area contributed by atoms with Crippen LogP contribution in [-0.4, -0.2) is 36.6 Å². The van der Waals surface area contributed by atoms with Gasteiger partial charge in [0.1, 0.15) is 0 Å². The molecule has 0 saturated carbocycles. The molecule has 0 bridgehead atoms. The number of nitrogens with one attached hydrogen (secondary N) is 1. The smallest absolute Gasteiger partial charge is 0.00697 e. The lowest BCUT2D eigenvalue weighted by Gasteiger charge is -2.37. The van der Waals surface area contributed by atoms with Crippen LogP contribution in [0.2, 0.25) is 0 Å². The normalized spacial score (nSPS) is 19.3. The van der Waals surface area contributed by atoms with Crippen molar-refractivity contribution in [1.82, 2.24) is 10.2 Å². The molecule has 2 nitrogen and oxygen atoms in total. The van der Waals surface area contributed by atoms with Crippen LogP contribution in [0, 0.1) is 5.92 Å². The highest BCUT2D eigenvalue weighted by Gasteiger charge is 2.22. The fraction of sp³-hybridized carbons (Fsp3) is 1.00. The third-order valence-electron chi connectivity index (χ3n) is 4.63. The van der Waals surface area contributed by atoms with Crippen LogP contribution < -0.4 is 5.32 Å². The number of hydrogen-bond donors (Lipinski definition) is 1. The molecule has 0 aromatic carbocycles. The zero-order valence-electron chi connectivity index (χ0n) is 13.8. The lowest BCUT2D eigenvalue weighted by Crippen LogP contribution is -2.44. The van der Waals surface area contributed by atoms with Crippen molar-refractivity contribution in [1.29, 1.82) is 0 Å². The Morgan fingerprint density at radius 1 is 1.05 bits per heavy atom. The van der Waals surface area contributed by atoms with Crippen molar-refractivity contribution in [2.45, 2.75) is 84.7 Å². The summed E-state index contributed by atoms with van der Waals surface area (Å²) in [6.07, 6.45) is 9.69. The highest BCUT2D eigenvalue weighted by Crippen LogP contribution is 2.19. The summed E-state index contributed by atoms with van der Waals surface area (Å²) in [5, 5.41) is 3.48. The van der Waals surface area contributed by atoms with Crippen LogP contribution in [0.25, 0.3) is 0 Å². The maximum absolute atomic E-state index is 3.48. The van der Waals surface area contributed by atoms with Crippen molar-refractivity contribution < 1.29 is 0 Å². The van der Waals surface area contributed by atoms with Crippen LogP contribution in [0.4, 0.5) is 0 Å². The topological polar surface area (TPSA) is 15.3 Å². The molecule has 1 saturated heterocycles. The van der Waals surface area contributed by atoms with Gasteiger partial charge in [-0.1, -0.05) is 32.6 Å². The van der Waals surface area contributed by atoms with Crippen molar-refractivity contribution in [3.05, 3.63) is 0 Å². The summed E-state index contributed by atoms with van der Waals surface area (Å²) in [4.78, 5) is 2.75. The zero-order valence-corrected chi connectivity index (χ0v) is 13.8. The van der Waals surface area contributed by atoms with Gasteiger partial charge in [0, 0.05) is 18.6 Å². The minimum atomic E-state index is 0.691. The molecule has 0 aromatic heterocycles. The standard InChI is InChI=1S/C17H36N2/c1-5-6-7-8-9-16(4)19(15(2)3)14-17-10-12-18-13-11-17/h15-18H,5-14H2,1-4H3. The minimum absolute atomic E-state index is 0.691. The monoisotopic (exact) mass is 268 g/mol. The first-order chi connectivity index (χ1) is 9.15. The molecule has 1 unspecified atom stereocenters. The number of nitrogens with zero attached hydrogens (tertiary/aromatic N) is 1. The van der Waals surface area contributed by atoms with Gasteiger partial charge in [0.05, 0.1) is 0 Å². The summed E-state index contributed by atoms with van der Waals surface area (Å²) in [5.74, 6) is 0.918. The van der Waals surface area contributed by atoms with Crippen LogP contribution in [0.3, 0.4) is 0 Å². The molecule has 0 amide bonds. The Morgan fingerprint density at radius 3 is 2.32 bits per heavy atom. The van der Waals surface area contributed by atoms with Crippen molar-refractivity contribution in [3.63, 3.8) is 0 Å². The predicted molar refractivity (Wildman–Crippen MR) is 85.7 cm³/mol. The first-order valence-electron chi connectivity index (χ1n) is 8.61. The molecule has 0 spiro atoms. The summed E-state index contributed by atoms with van der Waals surface area (Å²) in [7, 11) is 0. The molecule has 0 aliphatic carbocycles. The second-order valence-electron chi connectivity index (χ2n) is 6.68. The number of unbranched alkanes of at least 4 members (excludes halogenated alkanes) is 3. The molecule has 1 atom stereocenters. The Balaban J connectivity index is 2.32. The number of hydrogen-bond acceptors (Lipinski definition) is 2. The zero-order chi connectivity index (χ0) is 14.1. The Labute approximate surface area is 121 Å². The molecule has 0 radical (unpaired) electrons. The summed E-state index contributed by atoms with van der Waals surface area (Å²) >= 11 is 0. The Hall–Kier alpha value is -0.0800. The van der Waals surface area contributed by atoms with E-state index < -0.39 is 0 Å². The third-order valence-corrected chi connectivity index (χ3v) is 4.63. The molecule has 1 rings (SSSR count). The lowest BCUT2D eigenvalue weighted by molar-refractivity contribution is 0.118. The van der Waals surface area contributed by atoms with Crippen LogP contribution >= 0.6 is 0 Å². The van der Waals surface area contributed by atoms with Crippen molar-refractivity contribution in [2.24, 2.45) is 5.92 Å². The van der Waals surface area contributed by atoms with Crippen LogP contribution in [-0.2, 0) is 0 Å². The quantitative estimate of drug-likeness (QED) is 0.635. The van der Waals surface area contributed by atoms with Gasteiger partial charge >= 0.3 is 0 Å². The fourth-order valence-corrected chi connectivity index (χ4v) is 3.29. The molecule has 1 N–H and O–H groups in total. The molecule has 114 valence electrons. The molecular weight excluding hydrogens is 232 g/mol. The second-order valence-corrected chi connectivity index (χ2v) is 6.68. The molecule has 19 heavy (non-hydrogen) atoms. The average Bonchev–Trinajstić information content (AvgIpc) is 2.41. The molecule has 1 aliphatic rings. The molecule has 1 fully saturated rings. The van der Waals surface area contributed by atoms with Gasteiger partial charge in [0.2, 0.25) is 0 Å². The summed E-state index contributed by atoms with van der Waals surface area (Å²) in [6, 6.07) is 1.45. The van der Waals surface area contributed by atoms with E-state index in [1.807, 2.05) is 0 Å². The molecule has 0 aromatic rings. The van der Waals surface area contributed by atoms with Gasteiger partial charge in [0.25, 0.3) is 0 Å². The van der Waals surface area contributed by atoms with Crippen molar-refractivity contribution in [3.8, 4) is 0 Å². The van der Waals surface area contributed by atoms with E-state index in [0.717, 1.165) is 12.0 Å². The maximum atomic E-state index is 3.48. The molecular formula is C17H36N2. The van der Waals surface area contributed by atoms with Crippen LogP contribution in [0.5, 0.6) is 0 Å². The Kier molecular flexibility index (Phi) is 8.72. The van der Waals surface area contributed by atoms with E-state index in [1.165, 1.54) is 64.6 Å². The van der Waals surface area contributed by atoms with Crippen LogP contribution in [0.1, 0.15) is 72.6 Å². The van der Waals surface area contributed by atoms with Gasteiger partial charge in [-0.15, -0.1) is 0 Å². The van der Waals surface area contributed by atoms with E-state index in [9.17, 15) is 0 Å². The highest BCUT2D eigenvalue weighted by atomic mass is 15.2. The van der Waals surface area contributed by atoms with Gasteiger partial charge < -0.3 is 5.32 Å². The molecule has 2 heteroatoms. The third kappa shape index (κ3) is 6.76.